The molecule has 1 heterocycles. The molecule has 0 radical (unpaired) electrons. The van der Waals surface area contributed by atoms with Crippen LogP contribution in [0.5, 0.6) is 5.75 Å². The van der Waals surface area contributed by atoms with Gasteiger partial charge in [-0.3, -0.25) is 4.21 Å². The van der Waals surface area contributed by atoms with Crippen molar-refractivity contribution in [3.8, 4) is 5.75 Å². The van der Waals surface area contributed by atoms with Crippen LogP contribution in [0.25, 0.3) is 0 Å². The Morgan fingerprint density at radius 1 is 1.33 bits per heavy atom. The first-order valence-electron chi connectivity index (χ1n) is 6.22. The Kier molecular flexibility index (Phi) is 3.78. The van der Waals surface area contributed by atoms with Gasteiger partial charge in [0.05, 0.1) is 12.4 Å². The molecule has 4 heteroatoms. The van der Waals surface area contributed by atoms with Gasteiger partial charge in [0, 0.05) is 28.1 Å². The maximum Gasteiger partial charge on any atom is 0.118 e. The van der Waals surface area contributed by atoms with Crippen LogP contribution in [0, 0.1) is 0 Å². The molecular formula is C14H21NO2S. The average Bonchev–Trinajstić information content (AvgIpc) is 2.33. The lowest BCUT2D eigenvalue weighted by Gasteiger charge is -2.40. The third-order valence-corrected chi connectivity index (χ3v) is 5.52. The normalized spacial score (nSPS) is 31.0. The molecule has 0 saturated carbocycles. The Bertz CT molecular complexity index is 442. The van der Waals surface area contributed by atoms with E-state index in [-0.39, 0.29) is 16.8 Å². The fourth-order valence-corrected chi connectivity index (χ4v) is 3.97. The van der Waals surface area contributed by atoms with Gasteiger partial charge in [0.2, 0.25) is 0 Å². The van der Waals surface area contributed by atoms with Crippen LogP contribution < -0.4 is 10.1 Å². The molecule has 1 aliphatic rings. The summed E-state index contributed by atoms with van der Waals surface area (Å²) >= 11 is 0. The zero-order valence-corrected chi connectivity index (χ0v) is 12.2. The minimum atomic E-state index is -0.786. The zero-order chi connectivity index (χ0) is 13.3. The molecule has 1 N–H and O–H groups in total. The van der Waals surface area contributed by atoms with Crippen LogP contribution in [0.3, 0.4) is 0 Å². The standard InChI is InChI=1S/C14H21NO2S/c1-10-13(15-14(2,3)9-18(10)16)11-5-7-12(17-4)8-6-11/h5-8,10,13,15H,9H2,1-4H3. The summed E-state index contributed by atoms with van der Waals surface area (Å²) in [5.41, 5.74) is 1.09. The van der Waals surface area contributed by atoms with E-state index >= 15 is 0 Å². The van der Waals surface area contributed by atoms with Crippen molar-refractivity contribution in [1.29, 1.82) is 0 Å². The monoisotopic (exact) mass is 267 g/mol. The van der Waals surface area contributed by atoms with Gasteiger partial charge in [-0.15, -0.1) is 0 Å². The van der Waals surface area contributed by atoms with Gasteiger partial charge in [0.25, 0.3) is 0 Å². The van der Waals surface area contributed by atoms with E-state index in [1.165, 1.54) is 5.56 Å². The number of hydrogen-bond donors (Lipinski definition) is 1. The van der Waals surface area contributed by atoms with Crippen molar-refractivity contribution in [2.75, 3.05) is 12.9 Å². The minimum absolute atomic E-state index is 0.0814. The highest BCUT2D eigenvalue weighted by molar-refractivity contribution is 7.85. The van der Waals surface area contributed by atoms with Gasteiger partial charge in [-0.05, 0) is 38.5 Å². The van der Waals surface area contributed by atoms with E-state index in [2.05, 4.69) is 19.2 Å². The highest BCUT2D eigenvalue weighted by Crippen LogP contribution is 2.30. The number of hydrogen-bond acceptors (Lipinski definition) is 3. The summed E-state index contributed by atoms with van der Waals surface area (Å²) in [5.74, 6) is 1.56. The molecule has 0 aromatic heterocycles. The van der Waals surface area contributed by atoms with Gasteiger partial charge < -0.3 is 10.1 Å². The summed E-state index contributed by atoms with van der Waals surface area (Å²) in [6.45, 7) is 6.26. The van der Waals surface area contributed by atoms with Crippen molar-refractivity contribution in [2.24, 2.45) is 0 Å². The van der Waals surface area contributed by atoms with E-state index in [0.29, 0.717) is 5.75 Å². The summed E-state index contributed by atoms with van der Waals surface area (Å²) in [6.07, 6.45) is 0. The topological polar surface area (TPSA) is 38.3 Å². The summed E-state index contributed by atoms with van der Waals surface area (Å²) in [5, 5.41) is 3.72. The zero-order valence-electron chi connectivity index (χ0n) is 11.4. The Morgan fingerprint density at radius 2 is 1.94 bits per heavy atom. The highest BCUT2D eigenvalue weighted by atomic mass is 32.2. The van der Waals surface area contributed by atoms with E-state index in [9.17, 15) is 4.21 Å². The van der Waals surface area contributed by atoms with Gasteiger partial charge in [0.1, 0.15) is 5.75 Å². The molecule has 3 nitrogen and oxygen atoms in total. The molecule has 1 aromatic carbocycles. The second kappa shape index (κ2) is 5.02. The Hall–Kier alpha value is -0.870. The molecule has 0 aliphatic carbocycles. The first kappa shape index (κ1) is 13.6. The van der Waals surface area contributed by atoms with Crippen LogP contribution in [-0.2, 0) is 10.8 Å². The van der Waals surface area contributed by atoms with Crippen molar-refractivity contribution >= 4 is 10.8 Å². The lowest BCUT2D eigenvalue weighted by Crippen LogP contribution is -2.55. The molecule has 1 saturated heterocycles. The molecule has 1 fully saturated rings. The summed E-state index contributed by atoms with van der Waals surface area (Å²) in [7, 11) is 0.876. The maximum absolute atomic E-state index is 12.2. The van der Waals surface area contributed by atoms with Crippen molar-refractivity contribution in [2.45, 2.75) is 37.6 Å². The quantitative estimate of drug-likeness (QED) is 0.893. The van der Waals surface area contributed by atoms with Gasteiger partial charge >= 0.3 is 0 Å². The van der Waals surface area contributed by atoms with E-state index < -0.39 is 10.8 Å². The second-order valence-electron chi connectivity index (χ2n) is 5.51. The molecule has 0 spiro atoms. The van der Waals surface area contributed by atoms with Crippen LogP contribution in [-0.4, -0.2) is 27.9 Å². The molecule has 0 amide bonds. The van der Waals surface area contributed by atoms with Gasteiger partial charge in [-0.2, -0.15) is 0 Å². The number of nitrogens with one attached hydrogen (secondary N) is 1. The fraction of sp³-hybridized carbons (Fsp3) is 0.571. The predicted molar refractivity (Wildman–Crippen MR) is 75.4 cm³/mol. The maximum atomic E-state index is 12.2. The van der Waals surface area contributed by atoms with Crippen LogP contribution in [0.15, 0.2) is 24.3 Å². The van der Waals surface area contributed by atoms with E-state index in [1.807, 2.05) is 31.2 Å². The third-order valence-electron chi connectivity index (χ3n) is 3.41. The Balaban J connectivity index is 2.26. The number of methoxy groups -OCH3 is 1. The van der Waals surface area contributed by atoms with Crippen molar-refractivity contribution in [1.82, 2.24) is 5.32 Å². The number of ether oxygens (including phenoxy) is 1. The smallest absolute Gasteiger partial charge is 0.118 e. The van der Waals surface area contributed by atoms with Crippen molar-refractivity contribution in [3.05, 3.63) is 29.8 Å². The third kappa shape index (κ3) is 2.75. The summed E-state index contributed by atoms with van der Waals surface area (Å²) in [4.78, 5) is 0. The van der Waals surface area contributed by atoms with Crippen molar-refractivity contribution < 1.29 is 8.95 Å². The van der Waals surface area contributed by atoms with E-state index in [0.717, 1.165) is 5.75 Å². The molecule has 3 atom stereocenters. The first-order valence-corrected chi connectivity index (χ1v) is 7.60. The molecule has 1 aliphatic heterocycles. The van der Waals surface area contributed by atoms with Gasteiger partial charge in [0.15, 0.2) is 0 Å². The van der Waals surface area contributed by atoms with Gasteiger partial charge in [-0.1, -0.05) is 12.1 Å². The molecule has 3 unspecified atom stereocenters. The van der Waals surface area contributed by atoms with Crippen LogP contribution in [0.1, 0.15) is 32.4 Å². The number of rotatable bonds is 2. The molecule has 1 aromatic rings. The summed E-state index contributed by atoms with van der Waals surface area (Å²) in [6, 6.07) is 8.14. The molecule has 18 heavy (non-hydrogen) atoms. The van der Waals surface area contributed by atoms with Crippen LogP contribution >= 0.6 is 0 Å². The Morgan fingerprint density at radius 3 is 2.50 bits per heavy atom. The second-order valence-corrected chi connectivity index (χ2v) is 7.30. The highest BCUT2D eigenvalue weighted by Gasteiger charge is 2.37. The summed E-state index contributed by atoms with van der Waals surface area (Å²) < 4.78 is 17.3. The SMILES string of the molecule is COc1ccc(C2NC(C)(C)CS(=O)C2C)cc1. The molecular weight excluding hydrogens is 246 g/mol. The minimum Gasteiger partial charge on any atom is -0.497 e. The van der Waals surface area contributed by atoms with Crippen molar-refractivity contribution in [3.63, 3.8) is 0 Å². The largest absolute Gasteiger partial charge is 0.497 e. The van der Waals surface area contributed by atoms with Crippen LogP contribution in [0.2, 0.25) is 0 Å². The number of benzene rings is 1. The first-order chi connectivity index (χ1) is 8.43. The molecule has 2 rings (SSSR count). The lowest BCUT2D eigenvalue weighted by molar-refractivity contribution is 0.344. The van der Waals surface area contributed by atoms with E-state index in [4.69, 9.17) is 4.74 Å². The van der Waals surface area contributed by atoms with E-state index in [1.54, 1.807) is 7.11 Å². The lowest BCUT2D eigenvalue weighted by atomic mass is 9.98. The average molecular weight is 267 g/mol. The van der Waals surface area contributed by atoms with Crippen LogP contribution in [0.4, 0.5) is 0 Å². The predicted octanol–water partition coefficient (Wildman–Crippen LogP) is 2.26. The molecule has 0 bridgehead atoms. The fourth-order valence-electron chi connectivity index (χ4n) is 2.38. The van der Waals surface area contributed by atoms with Gasteiger partial charge in [-0.25, -0.2) is 0 Å². The Labute approximate surface area is 111 Å². The molecule has 100 valence electrons.